The van der Waals surface area contributed by atoms with E-state index in [2.05, 4.69) is 52.2 Å². The number of hydrogen-bond acceptors (Lipinski definition) is 3. The summed E-state index contributed by atoms with van der Waals surface area (Å²) in [5.41, 5.74) is 2.50. The van der Waals surface area contributed by atoms with Crippen molar-refractivity contribution in [1.29, 1.82) is 0 Å². The molecule has 1 atom stereocenters. The normalized spacial score (nSPS) is 12.3. The average Bonchev–Trinajstić information content (AvgIpc) is 2.89. The largest absolute Gasteiger partial charge is 0.457 e. The highest BCUT2D eigenvalue weighted by atomic mass is 16.7. The van der Waals surface area contributed by atoms with E-state index in [0.717, 1.165) is 31.6 Å². The van der Waals surface area contributed by atoms with Gasteiger partial charge < -0.3 is 14.0 Å². The van der Waals surface area contributed by atoms with Crippen molar-refractivity contribution in [2.24, 2.45) is 0 Å². The van der Waals surface area contributed by atoms with Gasteiger partial charge in [-0.25, -0.2) is 4.79 Å². The minimum absolute atomic E-state index is 0.0495. The van der Waals surface area contributed by atoms with Gasteiger partial charge in [0.25, 0.3) is 0 Å². The van der Waals surface area contributed by atoms with Crippen molar-refractivity contribution in [3.63, 3.8) is 0 Å². The molecule has 0 saturated heterocycles. The van der Waals surface area contributed by atoms with Crippen LogP contribution in [0.5, 0.6) is 5.75 Å². The van der Waals surface area contributed by atoms with E-state index in [1.165, 1.54) is 75.3 Å². The maximum absolute atomic E-state index is 13.0. The van der Waals surface area contributed by atoms with Crippen molar-refractivity contribution in [2.75, 3.05) is 20.9 Å². The summed E-state index contributed by atoms with van der Waals surface area (Å²) in [6, 6.07) is 18.3. The Labute approximate surface area is 227 Å². The van der Waals surface area contributed by atoms with Crippen LogP contribution in [0.15, 0.2) is 54.6 Å². The molecule has 0 aliphatic carbocycles. The summed E-state index contributed by atoms with van der Waals surface area (Å²) in [7, 11) is 4.21. The van der Waals surface area contributed by atoms with Crippen molar-refractivity contribution in [2.45, 2.75) is 110 Å². The molecule has 0 saturated carbocycles. The number of likely N-dealkylation sites (N-methyl/N-ethyl adjacent to an activating group) is 1. The van der Waals surface area contributed by atoms with E-state index < -0.39 is 0 Å². The molecule has 0 aliphatic rings. The summed E-state index contributed by atoms with van der Waals surface area (Å²) in [6.07, 6.45) is 16.3. The summed E-state index contributed by atoms with van der Waals surface area (Å²) in [4.78, 5) is 13.0. The second-order valence-corrected chi connectivity index (χ2v) is 11.0. The molecule has 37 heavy (non-hydrogen) atoms. The molecular formula is C33H52NO3+. The SMILES string of the molecule is CCCCCCCCCCCCc1cccc(OCOC(=O)C(CCC)[N+](C)(C)Cc2ccccc2)c1. The molecule has 1 unspecified atom stereocenters. The number of carbonyl (C=O) groups excluding carboxylic acids is 1. The number of aryl methyl sites for hydroxylation is 1. The van der Waals surface area contributed by atoms with Crippen LogP contribution >= 0.6 is 0 Å². The number of rotatable bonds is 20. The first-order chi connectivity index (χ1) is 18.0. The molecule has 0 N–H and O–H groups in total. The zero-order valence-corrected chi connectivity index (χ0v) is 24.1. The highest BCUT2D eigenvalue weighted by molar-refractivity contribution is 5.74. The predicted molar refractivity (Wildman–Crippen MR) is 155 cm³/mol. The van der Waals surface area contributed by atoms with Crippen LogP contribution in [0.3, 0.4) is 0 Å². The summed E-state index contributed by atoms with van der Waals surface area (Å²) >= 11 is 0. The monoisotopic (exact) mass is 510 g/mol. The predicted octanol–water partition coefficient (Wildman–Crippen LogP) is 8.47. The lowest BCUT2D eigenvalue weighted by molar-refractivity contribution is -0.920. The first kappa shape index (κ1) is 30.9. The Kier molecular flexibility index (Phi) is 15.0. The van der Waals surface area contributed by atoms with Crippen LogP contribution in [0.2, 0.25) is 0 Å². The Hall–Kier alpha value is -2.33. The molecule has 0 radical (unpaired) electrons. The topological polar surface area (TPSA) is 35.5 Å². The number of nitrogens with zero attached hydrogens (tertiary/aromatic N) is 1. The number of benzene rings is 2. The molecular weight excluding hydrogens is 458 g/mol. The third-order valence-corrected chi connectivity index (χ3v) is 7.26. The van der Waals surface area contributed by atoms with Crippen LogP contribution in [0, 0.1) is 0 Å². The van der Waals surface area contributed by atoms with Gasteiger partial charge in [0.15, 0.2) is 6.04 Å². The van der Waals surface area contributed by atoms with Gasteiger partial charge in [-0.2, -0.15) is 0 Å². The van der Waals surface area contributed by atoms with E-state index >= 15 is 0 Å². The lowest BCUT2D eigenvalue weighted by Gasteiger charge is -2.36. The highest BCUT2D eigenvalue weighted by Crippen LogP contribution is 2.20. The fourth-order valence-electron chi connectivity index (χ4n) is 5.05. The van der Waals surface area contributed by atoms with Crippen molar-refractivity contribution >= 4 is 5.97 Å². The van der Waals surface area contributed by atoms with E-state index in [1.807, 2.05) is 30.3 Å². The van der Waals surface area contributed by atoms with E-state index in [-0.39, 0.29) is 18.8 Å². The molecule has 0 aromatic heterocycles. The average molecular weight is 511 g/mol. The van der Waals surface area contributed by atoms with Crippen LogP contribution in [0.25, 0.3) is 0 Å². The summed E-state index contributed by atoms with van der Waals surface area (Å²) in [6.45, 7) is 5.11. The molecule has 4 heteroatoms. The molecule has 2 rings (SSSR count). The van der Waals surface area contributed by atoms with Crippen molar-refractivity contribution in [3.05, 3.63) is 65.7 Å². The van der Waals surface area contributed by atoms with Crippen molar-refractivity contribution < 1.29 is 18.8 Å². The Morgan fingerprint density at radius 2 is 1.38 bits per heavy atom. The lowest BCUT2D eigenvalue weighted by Crippen LogP contribution is -2.53. The second kappa shape index (κ2) is 18.0. The molecule has 0 spiro atoms. The number of unbranched alkanes of at least 4 members (excludes halogenated alkanes) is 9. The van der Waals surface area contributed by atoms with Gasteiger partial charge in [-0.05, 0) is 37.0 Å². The van der Waals surface area contributed by atoms with Gasteiger partial charge >= 0.3 is 5.97 Å². The van der Waals surface area contributed by atoms with Gasteiger partial charge in [-0.15, -0.1) is 0 Å². The maximum Gasteiger partial charge on any atom is 0.367 e. The zero-order valence-electron chi connectivity index (χ0n) is 24.1. The quantitative estimate of drug-likeness (QED) is 0.0775. The molecule has 0 amide bonds. The second-order valence-electron chi connectivity index (χ2n) is 11.0. The molecule has 0 aliphatic heterocycles. The maximum atomic E-state index is 13.0. The van der Waals surface area contributed by atoms with Crippen molar-refractivity contribution in [3.8, 4) is 5.75 Å². The number of esters is 1. The van der Waals surface area contributed by atoms with Gasteiger partial charge in [0.1, 0.15) is 12.3 Å². The van der Waals surface area contributed by atoms with Crippen LogP contribution < -0.4 is 4.74 Å². The molecule has 0 heterocycles. The summed E-state index contributed by atoms with van der Waals surface area (Å²) < 4.78 is 12.0. The third kappa shape index (κ3) is 12.6. The number of hydrogen-bond donors (Lipinski definition) is 0. The third-order valence-electron chi connectivity index (χ3n) is 7.26. The van der Waals surface area contributed by atoms with Gasteiger partial charge in [-0.3, -0.25) is 0 Å². The Morgan fingerprint density at radius 3 is 2.03 bits per heavy atom. The fraction of sp³-hybridized carbons (Fsp3) is 0.606. The number of ether oxygens (including phenoxy) is 2. The Morgan fingerprint density at radius 1 is 0.757 bits per heavy atom. The minimum Gasteiger partial charge on any atom is -0.457 e. The molecule has 0 bridgehead atoms. The molecule has 0 fully saturated rings. The van der Waals surface area contributed by atoms with Gasteiger partial charge in [0, 0.05) is 12.0 Å². The van der Waals surface area contributed by atoms with Crippen molar-refractivity contribution in [1.82, 2.24) is 0 Å². The smallest absolute Gasteiger partial charge is 0.367 e. The summed E-state index contributed by atoms with van der Waals surface area (Å²) in [5.74, 6) is 0.576. The van der Waals surface area contributed by atoms with Gasteiger partial charge in [0.2, 0.25) is 6.79 Å². The lowest BCUT2D eigenvalue weighted by atomic mass is 10.0. The van der Waals surface area contributed by atoms with Crippen LogP contribution in [0.4, 0.5) is 0 Å². The number of carbonyl (C=O) groups is 1. The van der Waals surface area contributed by atoms with Gasteiger partial charge in [0.05, 0.1) is 14.1 Å². The first-order valence-corrected chi connectivity index (χ1v) is 14.7. The van der Waals surface area contributed by atoms with Crippen LogP contribution in [-0.4, -0.2) is 37.4 Å². The van der Waals surface area contributed by atoms with Crippen LogP contribution in [0.1, 0.15) is 102 Å². The van der Waals surface area contributed by atoms with E-state index in [1.54, 1.807) is 0 Å². The van der Waals surface area contributed by atoms with E-state index in [0.29, 0.717) is 4.48 Å². The molecule has 2 aromatic rings. The molecule has 4 nitrogen and oxygen atoms in total. The zero-order chi connectivity index (χ0) is 26.8. The Bertz CT molecular complexity index is 865. The number of quaternary nitrogens is 1. The first-order valence-electron chi connectivity index (χ1n) is 14.7. The minimum atomic E-state index is -0.225. The molecule has 206 valence electrons. The molecule has 2 aromatic carbocycles. The van der Waals surface area contributed by atoms with Gasteiger partial charge in [-0.1, -0.05) is 114 Å². The standard InChI is InChI=1S/C33H52NO3/c1-5-7-8-9-10-11-12-13-14-16-21-29-24-19-25-31(26-29)36-28-37-33(35)32(20-6-2)34(3,4)27-30-22-17-15-18-23-30/h15,17-19,22-26,32H,5-14,16,20-21,27-28H2,1-4H3/q+1. The van der Waals surface area contributed by atoms with E-state index in [4.69, 9.17) is 9.47 Å². The highest BCUT2D eigenvalue weighted by Gasteiger charge is 2.35. The summed E-state index contributed by atoms with van der Waals surface area (Å²) in [5, 5.41) is 0. The van der Waals surface area contributed by atoms with Crippen LogP contribution in [-0.2, 0) is 22.5 Å². The fourth-order valence-corrected chi connectivity index (χ4v) is 5.05. The van der Waals surface area contributed by atoms with E-state index in [9.17, 15) is 4.79 Å². The Balaban J connectivity index is 1.71.